The van der Waals surface area contributed by atoms with Gasteiger partial charge in [0.2, 0.25) is 17.5 Å². The minimum absolute atomic E-state index is 0.103. The standard InChI is InChI=1S/C27H30O15/c1-9-17(31)20(34)22(36)26(39-9)38-8-15-18(32)21(35)23(37)27(41-15)42-25-19(33)16-13(30)6-12(29)7-14(16)40-24(25)10-2-4-11(28)5-3-10/h2-7,9,15,17-18,20-23,26-32,34-37H,8H2,1H3/t9?,15?,17?,18?,20?,21?,22?,23?,26?,27-/m1/s1. The summed E-state index contributed by atoms with van der Waals surface area (Å²) >= 11 is 0. The average Bonchev–Trinajstić information content (AvgIpc) is 2.95. The van der Waals surface area contributed by atoms with E-state index in [-0.39, 0.29) is 28.0 Å². The summed E-state index contributed by atoms with van der Waals surface area (Å²) in [7, 11) is 0. The van der Waals surface area contributed by atoms with Crippen LogP contribution >= 0.6 is 0 Å². The average molecular weight is 595 g/mol. The number of fused-ring (bicyclic) bond motifs is 1. The minimum atomic E-state index is -1.92. The first-order chi connectivity index (χ1) is 19.9. The highest BCUT2D eigenvalue weighted by Crippen LogP contribution is 2.37. The molecule has 3 aromatic rings. The van der Waals surface area contributed by atoms with Crippen molar-refractivity contribution in [2.45, 2.75) is 68.3 Å². The van der Waals surface area contributed by atoms with E-state index in [0.29, 0.717) is 0 Å². The predicted octanol–water partition coefficient (Wildman–Crippen LogP) is -1.39. The summed E-state index contributed by atoms with van der Waals surface area (Å²) in [4.78, 5) is 13.5. The maximum Gasteiger partial charge on any atom is 0.239 e. The summed E-state index contributed by atoms with van der Waals surface area (Å²) in [6, 6.07) is 7.33. The summed E-state index contributed by atoms with van der Waals surface area (Å²) in [5, 5.41) is 91.4. The molecule has 2 fully saturated rings. The van der Waals surface area contributed by atoms with E-state index >= 15 is 0 Å². The minimum Gasteiger partial charge on any atom is -0.508 e. The van der Waals surface area contributed by atoms with E-state index in [1.54, 1.807) is 0 Å². The molecule has 0 saturated carbocycles. The molecule has 9 N–H and O–H groups in total. The molecule has 0 bridgehead atoms. The van der Waals surface area contributed by atoms with Crippen LogP contribution in [-0.2, 0) is 14.2 Å². The van der Waals surface area contributed by atoms with Gasteiger partial charge in [-0.15, -0.1) is 0 Å². The van der Waals surface area contributed by atoms with Gasteiger partial charge < -0.3 is 69.3 Å². The monoisotopic (exact) mass is 594 g/mol. The third-order valence-electron chi connectivity index (χ3n) is 7.18. The highest BCUT2D eigenvalue weighted by Gasteiger charge is 2.47. The number of aliphatic hydroxyl groups excluding tert-OH is 6. The van der Waals surface area contributed by atoms with Gasteiger partial charge >= 0.3 is 0 Å². The van der Waals surface area contributed by atoms with E-state index in [2.05, 4.69) is 0 Å². The van der Waals surface area contributed by atoms with Gasteiger partial charge in [-0.3, -0.25) is 4.79 Å². The van der Waals surface area contributed by atoms with Gasteiger partial charge in [-0.05, 0) is 31.2 Å². The molecule has 2 saturated heterocycles. The van der Waals surface area contributed by atoms with Crippen LogP contribution in [0.2, 0.25) is 0 Å². The van der Waals surface area contributed by atoms with Crippen molar-refractivity contribution < 1.29 is 69.3 Å². The fourth-order valence-electron chi connectivity index (χ4n) is 4.79. The van der Waals surface area contributed by atoms with Crippen LogP contribution in [0, 0.1) is 0 Å². The van der Waals surface area contributed by atoms with E-state index in [9.17, 15) is 50.8 Å². The maximum atomic E-state index is 13.5. The molecule has 5 rings (SSSR count). The number of phenols is 3. The van der Waals surface area contributed by atoms with Crippen LogP contribution in [0.3, 0.4) is 0 Å². The van der Waals surface area contributed by atoms with Crippen molar-refractivity contribution in [3.05, 3.63) is 46.6 Å². The zero-order valence-corrected chi connectivity index (χ0v) is 21.9. The molecule has 2 aliphatic rings. The Bertz CT molecular complexity index is 1470. The van der Waals surface area contributed by atoms with Gasteiger partial charge in [0.05, 0.1) is 12.7 Å². The third kappa shape index (κ3) is 5.49. The second-order valence-corrected chi connectivity index (χ2v) is 10.1. The molecular weight excluding hydrogens is 564 g/mol. The van der Waals surface area contributed by atoms with Gasteiger partial charge in [0.1, 0.15) is 70.9 Å². The topological polar surface area (TPSA) is 249 Å². The van der Waals surface area contributed by atoms with Gasteiger partial charge in [-0.2, -0.15) is 0 Å². The molecule has 2 aliphatic heterocycles. The lowest BCUT2D eigenvalue weighted by Gasteiger charge is -2.42. The number of benzene rings is 2. The summed E-state index contributed by atoms with van der Waals surface area (Å²) in [6.45, 7) is 0.866. The Morgan fingerprint density at radius 1 is 0.762 bits per heavy atom. The second kappa shape index (κ2) is 11.6. The Labute approximate surface area is 236 Å². The first-order valence-corrected chi connectivity index (χ1v) is 12.9. The molecule has 0 spiro atoms. The van der Waals surface area contributed by atoms with Crippen molar-refractivity contribution in [2.75, 3.05) is 6.61 Å². The lowest BCUT2D eigenvalue weighted by Crippen LogP contribution is -2.61. The van der Waals surface area contributed by atoms with Gasteiger partial charge in [-0.25, -0.2) is 0 Å². The molecule has 0 amide bonds. The van der Waals surface area contributed by atoms with Crippen LogP contribution in [0.5, 0.6) is 23.0 Å². The van der Waals surface area contributed by atoms with E-state index in [0.717, 1.165) is 12.1 Å². The highest BCUT2D eigenvalue weighted by atomic mass is 16.7. The fourth-order valence-corrected chi connectivity index (χ4v) is 4.79. The molecule has 42 heavy (non-hydrogen) atoms. The number of aliphatic hydroxyl groups is 6. The van der Waals surface area contributed by atoms with Crippen LogP contribution in [0.4, 0.5) is 0 Å². The molecular formula is C27H30O15. The van der Waals surface area contributed by atoms with Crippen LogP contribution in [0.15, 0.2) is 45.6 Å². The van der Waals surface area contributed by atoms with Crippen LogP contribution in [0.25, 0.3) is 22.3 Å². The zero-order valence-electron chi connectivity index (χ0n) is 21.9. The van der Waals surface area contributed by atoms with Crippen LogP contribution in [0.1, 0.15) is 6.92 Å². The van der Waals surface area contributed by atoms with Gasteiger partial charge in [0.25, 0.3) is 0 Å². The predicted molar refractivity (Wildman–Crippen MR) is 139 cm³/mol. The molecule has 3 heterocycles. The van der Waals surface area contributed by atoms with Crippen molar-refractivity contribution in [1.29, 1.82) is 0 Å². The summed E-state index contributed by atoms with van der Waals surface area (Å²) < 4.78 is 28.0. The molecule has 0 aliphatic carbocycles. The number of rotatable bonds is 6. The molecule has 0 radical (unpaired) electrons. The molecule has 10 atom stereocenters. The number of ether oxygens (including phenoxy) is 4. The second-order valence-electron chi connectivity index (χ2n) is 10.1. The van der Waals surface area contributed by atoms with Crippen molar-refractivity contribution in [1.82, 2.24) is 0 Å². The van der Waals surface area contributed by atoms with Crippen molar-refractivity contribution >= 4 is 11.0 Å². The maximum absolute atomic E-state index is 13.5. The van der Waals surface area contributed by atoms with E-state index in [1.165, 1.54) is 31.2 Å². The van der Waals surface area contributed by atoms with E-state index < -0.39 is 90.7 Å². The molecule has 1 aromatic heterocycles. The zero-order chi connectivity index (χ0) is 30.5. The van der Waals surface area contributed by atoms with E-state index in [1.807, 2.05) is 0 Å². The SMILES string of the molecule is CC1OC(OCC2O[C@H](Oc3c(-c4ccc(O)cc4)oc4cc(O)cc(O)c4c3=O)C(O)C(O)C2O)C(O)C(O)C1O. The largest absolute Gasteiger partial charge is 0.508 e. The van der Waals surface area contributed by atoms with Crippen molar-refractivity contribution in [3.8, 4) is 34.3 Å². The number of phenolic OH excluding ortho intramolecular Hbond substituents is 3. The Morgan fingerprint density at radius 2 is 1.40 bits per heavy atom. The molecule has 9 unspecified atom stereocenters. The third-order valence-corrected chi connectivity index (χ3v) is 7.18. The first-order valence-electron chi connectivity index (χ1n) is 12.9. The smallest absolute Gasteiger partial charge is 0.239 e. The van der Waals surface area contributed by atoms with Crippen LogP contribution in [-0.4, -0.2) is 114 Å². The van der Waals surface area contributed by atoms with Gasteiger partial charge in [0.15, 0.2) is 12.1 Å². The Balaban J connectivity index is 1.46. The lowest BCUT2D eigenvalue weighted by atomic mass is 9.98. The summed E-state index contributed by atoms with van der Waals surface area (Å²) in [5.74, 6) is -1.97. The van der Waals surface area contributed by atoms with E-state index in [4.69, 9.17) is 23.4 Å². The van der Waals surface area contributed by atoms with Crippen molar-refractivity contribution in [3.63, 3.8) is 0 Å². The number of hydrogen-bond donors (Lipinski definition) is 9. The molecule has 15 heteroatoms. The number of hydrogen-bond acceptors (Lipinski definition) is 15. The summed E-state index contributed by atoms with van der Waals surface area (Å²) in [6.07, 6.45) is -15.8. The lowest BCUT2D eigenvalue weighted by molar-refractivity contribution is -0.318. The van der Waals surface area contributed by atoms with Gasteiger partial charge in [0, 0.05) is 17.7 Å². The van der Waals surface area contributed by atoms with Crippen molar-refractivity contribution in [2.24, 2.45) is 0 Å². The molecule has 228 valence electrons. The quantitative estimate of drug-likeness (QED) is 0.159. The Kier molecular flexibility index (Phi) is 8.30. The molecule has 2 aromatic carbocycles. The Hall–Kier alpha value is -3.51. The number of aromatic hydroxyl groups is 3. The molecule has 15 nitrogen and oxygen atoms in total. The highest BCUT2D eigenvalue weighted by molar-refractivity contribution is 5.88. The normalized spacial score (nSPS) is 33.5. The first kappa shape index (κ1) is 30.0. The van der Waals surface area contributed by atoms with Crippen LogP contribution < -0.4 is 10.2 Å². The van der Waals surface area contributed by atoms with Gasteiger partial charge in [-0.1, -0.05) is 0 Å². The fraction of sp³-hybridized carbons (Fsp3) is 0.444. The summed E-state index contributed by atoms with van der Waals surface area (Å²) in [5.41, 5.74) is -0.956. The Morgan fingerprint density at radius 3 is 2.10 bits per heavy atom.